The predicted molar refractivity (Wildman–Crippen MR) is 246 cm³/mol. The van der Waals surface area contributed by atoms with Gasteiger partial charge in [-0.1, -0.05) is 153 Å². The molecule has 1 aliphatic rings. The number of benzene rings is 5. The van der Waals surface area contributed by atoms with Gasteiger partial charge in [-0.2, -0.15) is 0 Å². The van der Waals surface area contributed by atoms with Crippen LogP contribution in [0, 0.1) is 12.8 Å². The van der Waals surface area contributed by atoms with E-state index in [1.54, 1.807) is 6.20 Å². The highest BCUT2D eigenvalue weighted by molar-refractivity contribution is 5.93. The highest BCUT2D eigenvalue weighted by Gasteiger charge is 2.46. The second-order valence-electron chi connectivity index (χ2n) is 14.0. The van der Waals surface area contributed by atoms with Crippen LogP contribution in [0.15, 0.2) is 194 Å². The van der Waals surface area contributed by atoms with Gasteiger partial charge in [0.15, 0.2) is 0 Å². The highest BCUT2D eigenvalue weighted by atomic mass is 14.7. The van der Waals surface area contributed by atoms with Gasteiger partial charge >= 0.3 is 0 Å². The molecule has 0 fully saturated rings. The lowest BCUT2D eigenvalue weighted by Crippen LogP contribution is -2.28. The Morgan fingerprint density at radius 1 is 0.638 bits per heavy atom. The normalized spacial score (nSPS) is 12.7. The fourth-order valence-electron chi connectivity index (χ4n) is 7.90. The fraction of sp³-hybridized carbons (Fsp3) is 0.127. The maximum absolute atomic E-state index is 5.29. The summed E-state index contributed by atoms with van der Waals surface area (Å²) in [6, 6.07) is 57.0. The molecule has 0 spiro atoms. The molecule has 3 heteroatoms. The first kappa shape index (κ1) is 40.8. The number of pyridine rings is 2. The van der Waals surface area contributed by atoms with Crippen molar-refractivity contribution in [3.63, 3.8) is 0 Å². The third-order valence-electron chi connectivity index (χ3n) is 10.7. The van der Waals surface area contributed by atoms with Gasteiger partial charge in [0, 0.05) is 31.1 Å². The van der Waals surface area contributed by atoms with E-state index in [0.29, 0.717) is 6.54 Å². The molecule has 286 valence electrons. The molecule has 3 nitrogen and oxygen atoms in total. The van der Waals surface area contributed by atoms with Crippen LogP contribution in [-0.2, 0) is 18.4 Å². The number of aromatic nitrogens is 2. The first-order chi connectivity index (χ1) is 28.6. The zero-order valence-corrected chi connectivity index (χ0v) is 33.7. The molecule has 0 saturated heterocycles. The van der Waals surface area contributed by atoms with Crippen molar-refractivity contribution in [2.24, 2.45) is 5.73 Å². The van der Waals surface area contributed by atoms with E-state index in [1.165, 1.54) is 66.8 Å². The maximum Gasteiger partial charge on any atom is 0.0713 e. The van der Waals surface area contributed by atoms with Crippen molar-refractivity contribution in [2.75, 3.05) is 0 Å². The van der Waals surface area contributed by atoms with Gasteiger partial charge in [0.2, 0.25) is 0 Å². The molecule has 0 bridgehead atoms. The van der Waals surface area contributed by atoms with Gasteiger partial charge in [-0.05, 0) is 123 Å². The number of terminal acetylenes is 1. The van der Waals surface area contributed by atoms with Crippen molar-refractivity contribution in [3.8, 4) is 35.1 Å². The third kappa shape index (κ3) is 8.59. The van der Waals surface area contributed by atoms with E-state index in [9.17, 15) is 0 Å². The molecule has 0 aliphatic heterocycles. The van der Waals surface area contributed by atoms with E-state index in [2.05, 4.69) is 201 Å². The zero-order valence-electron chi connectivity index (χ0n) is 33.7. The Kier molecular flexibility index (Phi) is 13.9. The summed E-state index contributed by atoms with van der Waals surface area (Å²) in [7, 11) is 0. The third-order valence-corrected chi connectivity index (χ3v) is 10.7. The van der Waals surface area contributed by atoms with Crippen LogP contribution in [0.1, 0.15) is 72.0 Å². The lowest BCUT2D eigenvalue weighted by atomic mass is 9.67. The predicted octanol–water partition coefficient (Wildman–Crippen LogP) is 12.9. The number of nitrogens with two attached hydrogens (primary N) is 1. The average molecular weight is 754 g/mol. The molecule has 1 aliphatic carbocycles. The van der Waals surface area contributed by atoms with E-state index >= 15 is 0 Å². The van der Waals surface area contributed by atoms with Gasteiger partial charge in [0.05, 0.1) is 11.1 Å². The lowest BCUT2D eigenvalue weighted by molar-refractivity contribution is 0.768. The van der Waals surface area contributed by atoms with E-state index in [-0.39, 0.29) is 0 Å². The van der Waals surface area contributed by atoms with Crippen LogP contribution in [0.25, 0.3) is 33.4 Å². The van der Waals surface area contributed by atoms with Crippen molar-refractivity contribution in [1.82, 2.24) is 9.97 Å². The van der Waals surface area contributed by atoms with Gasteiger partial charge in [-0.15, -0.1) is 12.8 Å². The van der Waals surface area contributed by atoms with Gasteiger partial charge in [-0.25, -0.2) is 0 Å². The van der Waals surface area contributed by atoms with Crippen molar-refractivity contribution in [3.05, 3.63) is 239 Å². The number of nitrogens with zero attached hydrogens (tertiary/aromatic N) is 2. The number of rotatable bonds is 10. The second-order valence-corrected chi connectivity index (χ2v) is 14.0. The number of hydrogen-bond acceptors (Lipinski definition) is 3. The van der Waals surface area contributed by atoms with Gasteiger partial charge < -0.3 is 5.73 Å². The Hall–Kier alpha value is -6.86. The van der Waals surface area contributed by atoms with Crippen LogP contribution < -0.4 is 5.73 Å². The van der Waals surface area contributed by atoms with Crippen LogP contribution in [0.3, 0.4) is 0 Å². The molecule has 5 aromatic carbocycles. The second kappa shape index (κ2) is 19.8. The first-order valence-corrected chi connectivity index (χ1v) is 19.9. The Bertz CT molecular complexity index is 2450. The minimum atomic E-state index is -0.448. The Morgan fingerprint density at radius 3 is 1.78 bits per heavy atom. The van der Waals surface area contributed by atoms with Crippen molar-refractivity contribution in [1.29, 1.82) is 0 Å². The smallest absolute Gasteiger partial charge is 0.0713 e. The molecule has 0 unspecified atom stereocenters. The van der Waals surface area contributed by atoms with Crippen LogP contribution in [0.2, 0.25) is 0 Å². The topological polar surface area (TPSA) is 51.8 Å². The zero-order chi connectivity index (χ0) is 40.7. The number of allylic oxidation sites excluding steroid dienone is 6. The molecule has 58 heavy (non-hydrogen) atoms. The van der Waals surface area contributed by atoms with E-state index < -0.39 is 5.41 Å². The largest absolute Gasteiger partial charge is 0.325 e. The quantitative estimate of drug-likeness (QED) is 0.112. The molecular formula is C55H51N3. The summed E-state index contributed by atoms with van der Waals surface area (Å²) in [4.78, 5) is 8.57. The van der Waals surface area contributed by atoms with Crippen LogP contribution >= 0.6 is 0 Å². The molecule has 0 atom stereocenters. The number of hydrogen-bond donors (Lipinski definition) is 1. The summed E-state index contributed by atoms with van der Waals surface area (Å²) in [5, 5.41) is 0. The molecule has 2 N–H and O–H groups in total. The number of fused-ring (bicyclic) bond motifs is 3. The molecule has 0 radical (unpaired) electrons. The first-order valence-electron chi connectivity index (χ1n) is 19.9. The molecule has 8 rings (SSSR count). The molecule has 7 aromatic rings. The van der Waals surface area contributed by atoms with Gasteiger partial charge in [0.25, 0.3) is 0 Å². The van der Waals surface area contributed by atoms with E-state index in [4.69, 9.17) is 5.73 Å². The summed E-state index contributed by atoms with van der Waals surface area (Å²) in [5.41, 5.74) is 22.1. The van der Waals surface area contributed by atoms with Crippen molar-refractivity contribution >= 4 is 11.1 Å². The summed E-state index contributed by atoms with van der Waals surface area (Å²) < 4.78 is 0. The summed E-state index contributed by atoms with van der Waals surface area (Å²) in [5.74, 6) is 0. The minimum Gasteiger partial charge on any atom is -0.325 e. The molecule has 2 aromatic heterocycles. The van der Waals surface area contributed by atoms with Crippen LogP contribution in [-0.4, -0.2) is 9.97 Å². The van der Waals surface area contributed by atoms with E-state index in [1.807, 2.05) is 30.5 Å². The van der Waals surface area contributed by atoms with Crippen LogP contribution in [0.5, 0.6) is 0 Å². The van der Waals surface area contributed by atoms with Gasteiger partial charge in [-0.3, -0.25) is 9.97 Å². The van der Waals surface area contributed by atoms with E-state index in [0.717, 1.165) is 24.2 Å². The monoisotopic (exact) mass is 753 g/mol. The Balaban J connectivity index is 0.000000502. The summed E-state index contributed by atoms with van der Waals surface area (Å²) >= 11 is 0. The van der Waals surface area contributed by atoms with Gasteiger partial charge in [0.1, 0.15) is 0 Å². The Labute approximate surface area is 345 Å². The molecule has 0 amide bonds. The molecular weight excluding hydrogens is 703 g/mol. The fourth-order valence-corrected chi connectivity index (χ4v) is 7.90. The summed E-state index contributed by atoms with van der Waals surface area (Å²) in [6.45, 7) is 7.07. The average Bonchev–Trinajstić information content (AvgIpc) is 3.60. The van der Waals surface area contributed by atoms with Crippen molar-refractivity contribution in [2.45, 2.75) is 45.6 Å². The maximum atomic E-state index is 5.29. The van der Waals surface area contributed by atoms with Crippen LogP contribution in [0.4, 0.5) is 0 Å². The lowest BCUT2D eigenvalue weighted by Gasteiger charge is -2.34. The Morgan fingerprint density at radius 2 is 1.22 bits per heavy atom. The van der Waals surface area contributed by atoms with Crippen molar-refractivity contribution < 1.29 is 0 Å². The highest BCUT2D eigenvalue weighted by Crippen LogP contribution is 2.57. The molecule has 2 heterocycles. The minimum absolute atomic E-state index is 0.448. The summed E-state index contributed by atoms with van der Waals surface area (Å²) in [6.07, 6.45) is 22.4. The standard InChI is InChI=1S/C47H41N.C6H8N2.C2H2/c1-4-6-17-35(5-2)36-26-28-37(29-27-36)43-33-46-44(32-42(43)34(3)25-30-40-22-15-16-31-48-40)41-23-13-14-24-45(41)47(46,38-18-9-7-10-19-38)39-20-11-8-12-21-39;7-5-6-3-1-2-4-8-6;1-2/h5-29,31-33H,4,30H2,1-3H3;1-4H,5,7H2;1-2H/b17-6-,34-25+,35-5+;;. The SMILES string of the molecule is C#C.C/C=C(\C=C/CC)c1ccc(-c2cc3c(cc2/C(C)=C/Cc2ccccn2)-c2ccccc2C3(c2ccccc2)c2ccccc2)cc1.NCc1ccccn1. The molecule has 0 saturated carbocycles.